The Labute approximate surface area is 96.3 Å². The maximum absolute atomic E-state index is 9.12. The molecule has 0 aliphatic heterocycles. The first-order valence-corrected chi connectivity index (χ1v) is 5.99. The van der Waals surface area contributed by atoms with Crippen molar-refractivity contribution < 1.29 is 5.11 Å². The number of anilines is 1. The Hall–Kier alpha value is -1.16. The normalized spacial score (nSPS) is 16.6. The van der Waals surface area contributed by atoms with Gasteiger partial charge in [0.25, 0.3) is 0 Å². The van der Waals surface area contributed by atoms with Crippen LogP contribution >= 0.6 is 0 Å². The molecule has 0 amide bonds. The lowest BCUT2D eigenvalue weighted by atomic mass is 10.2. The monoisotopic (exact) mass is 221 g/mol. The van der Waals surface area contributed by atoms with Crippen molar-refractivity contribution in [2.45, 2.75) is 38.6 Å². The molecule has 16 heavy (non-hydrogen) atoms. The van der Waals surface area contributed by atoms with Crippen molar-refractivity contribution in [1.82, 2.24) is 10.2 Å². The van der Waals surface area contributed by atoms with Crippen LogP contribution in [0.25, 0.3) is 0 Å². The molecule has 1 aromatic rings. The van der Waals surface area contributed by atoms with Crippen LogP contribution in [0.2, 0.25) is 0 Å². The van der Waals surface area contributed by atoms with E-state index in [0.717, 1.165) is 11.5 Å². The van der Waals surface area contributed by atoms with E-state index in [2.05, 4.69) is 15.1 Å². The molecule has 1 N–H and O–H groups in total. The predicted octanol–water partition coefficient (Wildman–Crippen LogP) is 1.53. The molecule has 2 rings (SSSR count). The van der Waals surface area contributed by atoms with Gasteiger partial charge < -0.3 is 10.0 Å². The molecule has 1 aliphatic rings. The summed E-state index contributed by atoms with van der Waals surface area (Å²) >= 11 is 0. The van der Waals surface area contributed by atoms with Crippen LogP contribution < -0.4 is 4.90 Å². The minimum absolute atomic E-state index is 0.173. The summed E-state index contributed by atoms with van der Waals surface area (Å²) in [5.41, 5.74) is 0.930. The molecule has 1 fully saturated rings. The van der Waals surface area contributed by atoms with Crippen molar-refractivity contribution in [3.05, 3.63) is 17.8 Å². The Balaban J connectivity index is 2.14. The average Bonchev–Trinajstić information content (AvgIpc) is 2.81. The number of aromatic nitrogens is 2. The second kappa shape index (κ2) is 5.25. The molecule has 88 valence electrons. The highest BCUT2D eigenvalue weighted by Gasteiger charge is 2.23. The summed E-state index contributed by atoms with van der Waals surface area (Å²) in [7, 11) is 0. The van der Waals surface area contributed by atoms with Crippen molar-refractivity contribution >= 4 is 5.82 Å². The lowest BCUT2D eigenvalue weighted by molar-refractivity contribution is 0.296. The number of hydrogen-bond acceptors (Lipinski definition) is 4. The fraction of sp³-hybridized carbons (Fsp3) is 0.667. The lowest BCUT2D eigenvalue weighted by Gasteiger charge is -2.28. The van der Waals surface area contributed by atoms with Crippen molar-refractivity contribution in [2.75, 3.05) is 18.1 Å². The van der Waals surface area contributed by atoms with E-state index in [1.54, 1.807) is 0 Å². The Morgan fingerprint density at radius 2 is 2.06 bits per heavy atom. The predicted molar refractivity (Wildman–Crippen MR) is 63.5 cm³/mol. The third-order valence-corrected chi connectivity index (χ3v) is 3.18. The number of rotatable bonds is 4. The zero-order valence-corrected chi connectivity index (χ0v) is 9.76. The van der Waals surface area contributed by atoms with E-state index in [4.69, 9.17) is 5.11 Å². The standard InChI is InChI=1S/C12H19N3O/c1-10-6-7-12(14-13-10)15(8-9-16)11-4-2-3-5-11/h6-7,11,16H,2-5,8-9H2,1H3. The fourth-order valence-corrected chi connectivity index (χ4v) is 2.35. The summed E-state index contributed by atoms with van der Waals surface area (Å²) in [6.45, 7) is 2.76. The van der Waals surface area contributed by atoms with Gasteiger partial charge in [-0.25, -0.2) is 0 Å². The van der Waals surface area contributed by atoms with E-state index >= 15 is 0 Å². The zero-order chi connectivity index (χ0) is 11.4. The summed E-state index contributed by atoms with van der Waals surface area (Å²) in [5, 5.41) is 17.4. The van der Waals surface area contributed by atoms with Gasteiger partial charge >= 0.3 is 0 Å². The number of aliphatic hydroxyl groups is 1. The second-order valence-corrected chi connectivity index (χ2v) is 4.39. The van der Waals surface area contributed by atoms with Gasteiger partial charge in [0.05, 0.1) is 12.3 Å². The molecule has 0 unspecified atom stereocenters. The number of nitrogens with zero attached hydrogens (tertiary/aromatic N) is 3. The van der Waals surface area contributed by atoms with E-state index in [9.17, 15) is 0 Å². The Morgan fingerprint density at radius 1 is 1.31 bits per heavy atom. The fourth-order valence-electron chi connectivity index (χ4n) is 2.35. The van der Waals surface area contributed by atoms with Crippen molar-refractivity contribution in [3.63, 3.8) is 0 Å². The Bertz CT molecular complexity index is 320. The van der Waals surface area contributed by atoms with Gasteiger partial charge in [-0.2, -0.15) is 5.10 Å². The molecule has 4 nitrogen and oxygen atoms in total. The van der Waals surface area contributed by atoms with Crippen LogP contribution in [0.15, 0.2) is 12.1 Å². The van der Waals surface area contributed by atoms with Gasteiger partial charge in [0, 0.05) is 12.6 Å². The quantitative estimate of drug-likeness (QED) is 0.837. The van der Waals surface area contributed by atoms with Crippen LogP contribution in [0.5, 0.6) is 0 Å². The first-order chi connectivity index (χ1) is 7.81. The maximum atomic E-state index is 9.12. The van der Waals surface area contributed by atoms with E-state index in [0.29, 0.717) is 12.6 Å². The van der Waals surface area contributed by atoms with Crippen LogP contribution in [0, 0.1) is 6.92 Å². The van der Waals surface area contributed by atoms with Gasteiger partial charge in [0.15, 0.2) is 5.82 Å². The van der Waals surface area contributed by atoms with Crippen LogP contribution in [-0.4, -0.2) is 34.5 Å². The zero-order valence-electron chi connectivity index (χ0n) is 9.76. The molecule has 0 atom stereocenters. The molecule has 1 aliphatic carbocycles. The van der Waals surface area contributed by atoms with Gasteiger partial charge in [0.2, 0.25) is 0 Å². The van der Waals surface area contributed by atoms with Crippen molar-refractivity contribution in [3.8, 4) is 0 Å². The molecule has 0 radical (unpaired) electrons. The number of aliphatic hydroxyl groups excluding tert-OH is 1. The largest absolute Gasteiger partial charge is 0.395 e. The third-order valence-electron chi connectivity index (χ3n) is 3.18. The molecule has 0 bridgehead atoms. The molecule has 4 heteroatoms. The first kappa shape index (κ1) is 11.3. The SMILES string of the molecule is Cc1ccc(N(CCO)C2CCCC2)nn1. The first-order valence-electron chi connectivity index (χ1n) is 5.99. The molecule has 0 aromatic carbocycles. The van der Waals surface area contributed by atoms with Crippen LogP contribution in [-0.2, 0) is 0 Å². The highest BCUT2D eigenvalue weighted by Crippen LogP contribution is 2.26. The third kappa shape index (κ3) is 2.50. The van der Waals surface area contributed by atoms with E-state index in [-0.39, 0.29) is 6.61 Å². The van der Waals surface area contributed by atoms with Gasteiger partial charge in [-0.1, -0.05) is 12.8 Å². The summed E-state index contributed by atoms with van der Waals surface area (Å²) in [5.74, 6) is 0.895. The van der Waals surface area contributed by atoms with Gasteiger partial charge in [-0.3, -0.25) is 0 Å². The van der Waals surface area contributed by atoms with E-state index < -0.39 is 0 Å². The Kier molecular flexibility index (Phi) is 3.72. The Morgan fingerprint density at radius 3 is 2.62 bits per heavy atom. The summed E-state index contributed by atoms with van der Waals surface area (Å²) in [4.78, 5) is 2.19. The number of hydrogen-bond donors (Lipinski definition) is 1. The van der Waals surface area contributed by atoms with Crippen LogP contribution in [0.4, 0.5) is 5.82 Å². The molecule has 0 spiro atoms. The highest BCUT2D eigenvalue weighted by atomic mass is 16.3. The molecule has 1 heterocycles. The van der Waals surface area contributed by atoms with Gasteiger partial charge in [0.1, 0.15) is 0 Å². The minimum Gasteiger partial charge on any atom is -0.395 e. The van der Waals surface area contributed by atoms with Crippen LogP contribution in [0.3, 0.4) is 0 Å². The smallest absolute Gasteiger partial charge is 0.151 e. The van der Waals surface area contributed by atoms with Gasteiger partial charge in [-0.05, 0) is 31.9 Å². The van der Waals surface area contributed by atoms with Crippen molar-refractivity contribution in [1.29, 1.82) is 0 Å². The average molecular weight is 221 g/mol. The van der Waals surface area contributed by atoms with Crippen molar-refractivity contribution in [2.24, 2.45) is 0 Å². The minimum atomic E-state index is 0.173. The molecule has 1 saturated carbocycles. The number of aryl methyl sites for hydroxylation is 1. The van der Waals surface area contributed by atoms with E-state index in [1.165, 1.54) is 25.7 Å². The van der Waals surface area contributed by atoms with Gasteiger partial charge in [-0.15, -0.1) is 5.10 Å². The molecule has 0 saturated heterocycles. The lowest BCUT2D eigenvalue weighted by Crippen LogP contribution is -2.36. The molecule has 1 aromatic heterocycles. The summed E-state index contributed by atoms with van der Waals surface area (Å²) in [6.07, 6.45) is 4.98. The highest BCUT2D eigenvalue weighted by molar-refractivity contribution is 5.39. The topological polar surface area (TPSA) is 49.2 Å². The summed E-state index contributed by atoms with van der Waals surface area (Å²) < 4.78 is 0. The maximum Gasteiger partial charge on any atom is 0.151 e. The van der Waals surface area contributed by atoms with Crippen LogP contribution in [0.1, 0.15) is 31.4 Å². The second-order valence-electron chi connectivity index (χ2n) is 4.39. The molecular formula is C12H19N3O. The summed E-state index contributed by atoms with van der Waals surface area (Å²) in [6, 6.07) is 4.50. The van der Waals surface area contributed by atoms with E-state index in [1.807, 2.05) is 19.1 Å². The molecular weight excluding hydrogens is 202 g/mol.